The van der Waals surface area contributed by atoms with E-state index < -0.39 is 0 Å². The Bertz CT molecular complexity index is 1010. The summed E-state index contributed by atoms with van der Waals surface area (Å²) >= 11 is 6.28. The van der Waals surface area contributed by atoms with Gasteiger partial charge in [0, 0.05) is 36.2 Å². The van der Waals surface area contributed by atoms with Crippen LogP contribution in [0.2, 0.25) is 5.02 Å². The van der Waals surface area contributed by atoms with E-state index in [1.807, 2.05) is 43.3 Å². The Morgan fingerprint density at radius 3 is 2.74 bits per heavy atom. The van der Waals surface area contributed by atoms with Crippen LogP contribution >= 0.6 is 11.6 Å². The van der Waals surface area contributed by atoms with Gasteiger partial charge in [0.2, 0.25) is 0 Å². The van der Waals surface area contributed by atoms with Crippen molar-refractivity contribution in [2.45, 2.75) is 32.4 Å². The molecule has 0 amide bonds. The molecular weight excluding hydrogens is 360 g/mol. The summed E-state index contributed by atoms with van der Waals surface area (Å²) < 4.78 is 6.29. The molecule has 0 saturated carbocycles. The van der Waals surface area contributed by atoms with Crippen molar-refractivity contribution in [1.29, 1.82) is 0 Å². The molecule has 2 heterocycles. The Labute approximate surface area is 163 Å². The highest BCUT2D eigenvalue weighted by atomic mass is 35.5. The molecule has 140 valence electrons. The number of ether oxygens (including phenoxy) is 1. The average molecular weight is 383 g/mol. The molecule has 0 spiro atoms. The topological polar surface area (TPSA) is 45.3 Å². The highest BCUT2D eigenvalue weighted by Crippen LogP contribution is 2.27. The van der Waals surface area contributed by atoms with Gasteiger partial charge in [0.25, 0.3) is 5.56 Å². The van der Waals surface area contributed by atoms with Gasteiger partial charge in [0.1, 0.15) is 11.9 Å². The zero-order chi connectivity index (χ0) is 18.8. The van der Waals surface area contributed by atoms with Gasteiger partial charge in [-0.15, -0.1) is 0 Å². The van der Waals surface area contributed by atoms with E-state index in [0.29, 0.717) is 5.39 Å². The minimum atomic E-state index is -0.0602. The molecule has 0 aliphatic carbocycles. The van der Waals surface area contributed by atoms with Gasteiger partial charge in [0.15, 0.2) is 0 Å². The molecule has 1 fully saturated rings. The normalized spacial score (nSPS) is 15.9. The molecule has 4 nitrogen and oxygen atoms in total. The smallest absolute Gasteiger partial charge is 0.255 e. The summed E-state index contributed by atoms with van der Waals surface area (Å²) in [6, 6.07) is 13.8. The van der Waals surface area contributed by atoms with E-state index in [1.165, 1.54) is 5.56 Å². The fourth-order valence-electron chi connectivity index (χ4n) is 3.68. The maximum absolute atomic E-state index is 11.9. The molecule has 5 heteroatoms. The average Bonchev–Trinajstić information content (AvgIpc) is 2.67. The number of nitrogens with one attached hydrogen (secondary N) is 1. The van der Waals surface area contributed by atoms with Gasteiger partial charge in [0.05, 0.1) is 0 Å². The van der Waals surface area contributed by atoms with Crippen LogP contribution in [0.4, 0.5) is 0 Å². The van der Waals surface area contributed by atoms with E-state index in [-0.39, 0.29) is 11.7 Å². The number of pyridine rings is 1. The molecule has 2 aromatic carbocycles. The van der Waals surface area contributed by atoms with Crippen LogP contribution in [0.3, 0.4) is 0 Å². The van der Waals surface area contributed by atoms with E-state index in [0.717, 1.165) is 54.2 Å². The summed E-state index contributed by atoms with van der Waals surface area (Å²) in [4.78, 5) is 17.1. The monoisotopic (exact) mass is 382 g/mol. The molecule has 3 aromatic rings. The number of fused-ring (bicyclic) bond motifs is 1. The second kappa shape index (κ2) is 7.75. The predicted octanol–water partition coefficient (Wildman–Crippen LogP) is 4.53. The lowest BCUT2D eigenvalue weighted by molar-refractivity contribution is 0.0964. The second-order valence-electron chi connectivity index (χ2n) is 7.20. The lowest BCUT2D eigenvalue weighted by Gasteiger charge is -2.32. The minimum Gasteiger partial charge on any atom is -0.490 e. The van der Waals surface area contributed by atoms with Crippen molar-refractivity contribution in [2.24, 2.45) is 0 Å². The molecule has 1 aromatic heterocycles. The van der Waals surface area contributed by atoms with Crippen molar-refractivity contribution < 1.29 is 4.74 Å². The third kappa shape index (κ3) is 4.02. The first-order valence-electron chi connectivity index (χ1n) is 9.34. The molecule has 27 heavy (non-hydrogen) atoms. The number of nitrogens with zero attached hydrogens (tertiary/aromatic N) is 1. The van der Waals surface area contributed by atoms with Crippen molar-refractivity contribution >= 4 is 22.4 Å². The van der Waals surface area contributed by atoms with Gasteiger partial charge in [-0.05, 0) is 60.5 Å². The lowest BCUT2D eigenvalue weighted by Crippen LogP contribution is -2.37. The van der Waals surface area contributed by atoms with Crippen LogP contribution in [0.15, 0.2) is 53.5 Å². The number of benzene rings is 2. The summed E-state index contributed by atoms with van der Waals surface area (Å²) in [6.45, 7) is 4.85. The summed E-state index contributed by atoms with van der Waals surface area (Å²) in [7, 11) is 0. The highest BCUT2D eigenvalue weighted by molar-refractivity contribution is 6.31. The first kappa shape index (κ1) is 18.1. The first-order valence-corrected chi connectivity index (χ1v) is 9.72. The molecule has 0 unspecified atom stereocenters. The number of hydrogen-bond acceptors (Lipinski definition) is 3. The molecule has 1 saturated heterocycles. The van der Waals surface area contributed by atoms with Crippen LogP contribution in [0, 0.1) is 6.92 Å². The van der Waals surface area contributed by atoms with Crippen LogP contribution < -0.4 is 10.3 Å². The Hall–Kier alpha value is -2.30. The van der Waals surface area contributed by atoms with Crippen molar-refractivity contribution in [3.05, 3.63) is 75.2 Å². The van der Waals surface area contributed by atoms with Crippen LogP contribution in [0.1, 0.15) is 24.0 Å². The summed E-state index contributed by atoms with van der Waals surface area (Å²) in [6.07, 6.45) is 3.84. The van der Waals surface area contributed by atoms with Crippen molar-refractivity contribution in [3.63, 3.8) is 0 Å². The first-order chi connectivity index (χ1) is 13.1. The fourth-order valence-corrected chi connectivity index (χ4v) is 3.88. The Morgan fingerprint density at radius 2 is 1.96 bits per heavy atom. The van der Waals surface area contributed by atoms with Crippen molar-refractivity contribution in [1.82, 2.24) is 9.88 Å². The van der Waals surface area contributed by atoms with Gasteiger partial charge in [-0.1, -0.05) is 29.8 Å². The number of aromatic nitrogens is 1. The lowest BCUT2D eigenvalue weighted by atomic mass is 10.1. The molecular formula is C22H23ClN2O2. The number of hydrogen-bond donors (Lipinski definition) is 1. The second-order valence-corrected chi connectivity index (χ2v) is 7.60. The molecule has 0 atom stereocenters. The third-order valence-electron chi connectivity index (χ3n) is 5.25. The molecule has 1 aliphatic rings. The van der Waals surface area contributed by atoms with Gasteiger partial charge < -0.3 is 9.72 Å². The fraction of sp³-hybridized carbons (Fsp3) is 0.318. The maximum atomic E-state index is 11.9. The van der Waals surface area contributed by atoms with Gasteiger partial charge >= 0.3 is 0 Å². The van der Waals surface area contributed by atoms with Crippen LogP contribution in [0.5, 0.6) is 5.75 Å². The maximum Gasteiger partial charge on any atom is 0.255 e. The molecule has 1 N–H and O–H groups in total. The van der Waals surface area contributed by atoms with Gasteiger partial charge in [-0.2, -0.15) is 0 Å². The summed E-state index contributed by atoms with van der Waals surface area (Å²) in [5.41, 5.74) is 2.11. The van der Waals surface area contributed by atoms with Crippen molar-refractivity contribution in [2.75, 3.05) is 13.1 Å². The quantitative estimate of drug-likeness (QED) is 0.720. The number of likely N-dealkylation sites (tertiary alicyclic amines) is 1. The van der Waals surface area contributed by atoms with E-state index >= 15 is 0 Å². The molecule has 1 aliphatic heterocycles. The number of H-pyrrole nitrogens is 1. The summed E-state index contributed by atoms with van der Waals surface area (Å²) in [5.74, 6) is 0.873. The number of aromatic amines is 1. The Balaban J connectivity index is 1.41. The van der Waals surface area contributed by atoms with Gasteiger partial charge in [-0.3, -0.25) is 9.69 Å². The SMILES string of the molecule is Cc1cc2c(=O)[nH]ccc2cc1OC1CCN(Cc2ccccc2Cl)CC1. The van der Waals surface area contributed by atoms with E-state index in [1.54, 1.807) is 6.20 Å². The number of piperidine rings is 1. The van der Waals surface area contributed by atoms with Crippen LogP contribution in [-0.2, 0) is 6.54 Å². The number of rotatable bonds is 4. The van der Waals surface area contributed by atoms with E-state index in [4.69, 9.17) is 16.3 Å². The number of halogens is 1. The zero-order valence-corrected chi connectivity index (χ0v) is 16.1. The number of aryl methyl sites for hydroxylation is 1. The zero-order valence-electron chi connectivity index (χ0n) is 15.4. The molecule has 0 radical (unpaired) electrons. The van der Waals surface area contributed by atoms with Crippen molar-refractivity contribution in [3.8, 4) is 5.75 Å². The van der Waals surface area contributed by atoms with E-state index in [9.17, 15) is 4.79 Å². The third-order valence-corrected chi connectivity index (χ3v) is 5.62. The molecule has 0 bridgehead atoms. The molecule has 4 rings (SSSR count). The van der Waals surface area contributed by atoms with Gasteiger partial charge in [-0.25, -0.2) is 0 Å². The Kier molecular flexibility index (Phi) is 5.19. The standard InChI is InChI=1S/C22H23ClN2O2/c1-15-12-19-16(6-9-24-22(19)26)13-21(15)27-18-7-10-25(11-8-18)14-17-4-2-3-5-20(17)23/h2-6,9,12-13,18H,7-8,10-11,14H2,1H3,(H,24,26). The Morgan fingerprint density at radius 1 is 1.19 bits per heavy atom. The minimum absolute atomic E-state index is 0.0602. The summed E-state index contributed by atoms with van der Waals surface area (Å²) in [5, 5.41) is 2.45. The predicted molar refractivity (Wildman–Crippen MR) is 110 cm³/mol. The van der Waals surface area contributed by atoms with E-state index in [2.05, 4.69) is 16.0 Å². The van der Waals surface area contributed by atoms with Crippen LogP contribution in [-0.4, -0.2) is 29.1 Å². The highest BCUT2D eigenvalue weighted by Gasteiger charge is 2.22. The largest absolute Gasteiger partial charge is 0.490 e. The van der Waals surface area contributed by atoms with Crippen LogP contribution in [0.25, 0.3) is 10.8 Å².